The van der Waals surface area contributed by atoms with Gasteiger partial charge in [0.05, 0.1) is 13.7 Å². The van der Waals surface area contributed by atoms with Crippen LogP contribution in [0.3, 0.4) is 0 Å². The van der Waals surface area contributed by atoms with Crippen molar-refractivity contribution in [2.45, 2.75) is 26.2 Å². The quantitative estimate of drug-likeness (QED) is 0.560. The SMILES string of the molecule is CCOC(=O)C(CCCc1ccccc1)C(=O)OC. The molecule has 0 saturated carbocycles. The van der Waals surface area contributed by atoms with Gasteiger partial charge in [-0.2, -0.15) is 0 Å². The van der Waals surface area contributed by atoms with Crippen molar-refractivity contribution in [2.24, 2.45) is 5.92 Å². The Morgan fingerprint density at radius 2 is 1.84 bits per heavy atom. The molecule has 1 rings (SSSR count). The Balaban J connectivity index is 2.49. The molecule has 104 valence electrons. The first-order valence-corrected chi connectivity index (χ1v) is 6.47. The van der Waals surface area contributed by atoms with Crippen molar-refractivity contribution in [2.75, 3.05) is 13.7 Å². The van der Waals surface area contributed by atoms with Crippen LogP contribution < -0.4 is 0 Å². The van der Waals surface area contributed by atoms with Crippen LogP contribution in [0.1, 0.15) is 25.3 Å². The number of ether oxygens (including phenoxy) is 2. The maximum Gasteiger partial charge on any atom is 0.320 e. The molecule has 0 saturated heterocycles. The van der Waals surface area contributed by atoms with E-state index in [9.17, 15) is 9.59 Å². The Kier molecular flexibility index (Phi) is 6.64. The minimum Gasteiger partial charge on any atom is -0.468 e. The Labute approximate surface area is 113 Å². The van der Waals surface area contributed by atoms with Gasteiger partial charge in [-0.1, -0.05) is 30.3 Å². The summed E-state index contributed by atoms with van der Waals surface area (Å²) >= 11 is 0. The van der Waals surface area contributed by atoms with Crippen LogP contribution >= 0.6 is 0 Å². The average Bonchev–Trinajstić information content (AvgIpc) is 2.44. The lowest BCUT2D eigenvalue weighted by molar-refractivity contribution is -0.160. The molecule has 0 heterocycles. The van der Waals surface area contributed by atoms with Crippen molar-refractivity contribution in [1.82, 2.24) is 0 Å². The first kappa shape index (κ1) is 15.2. The van der Waals surface area contributed by atoms with Gasteiger partial charge in [-0.3, -0.25) is 9.59 Å². The van der Waals surface area contributed by atoms with E-state index in [1.54, 1.807) is 6.92 Å². The molecule has 4 nitrogen and oxygen atoms in total. The van der Waals surface area contributed by atoms with Crippen LogP contribution in [0.15, 0.2) is 30.3 Å². The highest BCUT2D eigenvalue weighted by molar-refractivity contribution is 5.94. The molecule has 4 heteroatoms. The van der Waals surface area contributed by atoms with E-state index in [-0.39, 0.29) is 6.61 Å². The van der Waals surface area contributed by atoms with E-state index in [0.717, 1.165) is 12.8 Å². The van der Waals surface area contributed by atoms with Gasteiger partial charge in [0.2, 0.25) is 0 Å². The van der Waals surface area contributed by atoms with Crippen LogP contribution in [0, 0.1) is 5.92 Å². The number of rotatable bonds is 7. The monoisotopic (exact) mass is 264 g/mol. The molecule has 0 amide bonds. The normalized spacial score (nSPS) is 11.7. The third kappa shape index (κ3) is 5.12. The summed E-state index contributed by atoms with van der Waals surface area (Å²) in [5.74, 6) is -1.83. The summed E-state index contributed by atoms with van der Waals surface area (Å²) in [6.45, 7) is 1.99. The van der Waals surface area contributed by atoms with E-state index in [2.05, 4.69) is 4.74 Å². The van der Waals surface area contributed by atoms with Crippen molar-refractivity contribution < 1.29 is 19.1 Å². The predicted molar refractivity (Wildman–Crippen MR) is 71.5 cm³/mol. The molecule has 0 aliphatic carbocycles. The first-order chi connectivity index (χ1) is 9.19. The van der Waals surface area contributed by atoms with Crippen LogP contribution in [-0.2, 0) is 25.5 Å². The number of carbonyl (C=O) groups excluding carboxylic acids is 2. The summed E-state index contributed by atoms with van der Waals surface area (Å²) in [5, 5.41) is 0. The molecule has 0 bridgehead atoms. The summed E-state index contributed by atoms with van der Waals surface area (Å²) in [4.78, 5) is 23.2. The average molecular weight is 264 g/mol. The Morgan fingerprint density at radius 1 is 1.16 bits per heavy atom. The van der Waals surface area contributed by atoms with E-state index in [4.69, 9.17) is 4.74 Å². The second-order valence-corrected chi connectivity index (χ2v) is 4.21. The summed E-state index contributed by atoms with van der Waals surface area (Å²) in [6, 6.07) is 9.95. The Hall–Kier alpha value is -1.84. The fraction of sp³-hybridized carbons (Fsp3) is 0.467. The lowest BCUT2D eigenvalue weighted by atomic mass is 9.99. The maximum atomic E-state index is 11.7. The van der Waals surface area contributed by atoms with Gasteiger partial charge in [0.15, 0.2) is 5.92 Å². The predicted octanol–water partition coefficient (Wildman–Crippen LogP) is 2.36. The van der Waals surface area contributed by atoms with E-state index < -0.39 is 17.9 Å². The zero-order valence-electron chi connectivity index (χ0n) is 11.4. The molecule has 0 N–H and O–H groups in total. The van der Waals surface area contributed by atoms with Crippen molar-refractivity contribution in [3.8, 4) is 0 Å². The van der Waals surface area contributed by atoms with Crippen molar-refractivity contribution in [3.05, 3.63) is 35.9 Å². The third-order valence-electron chi connectivity index (χ3n) is 2.86. The second kappa shape index (κ2) is 8.29. The van der Waals surface area contributed by atoms with Crippen molar-refractivity contribution in [1.29, 1.82) is 0 Å². The van der Waals surface area contributed by atoms with Crippen LogP contribution in [0.25, 0.3) is 0 Å². The number of hydrogen-bond acceptors (Lipinski definition) is 4. The topological polar surface area (TPSA) is 52.6 Å². The standard InChI is InChI=1S/C15H20O4/c1-3-19-15(17)13(14(16)18-2)11-7-10-12-8-5-4-6-9-12/h4-6,8-9,13H,3,7,10-11H2,1-2H3. The van der Waals surface area contributed by atoms with Crippen LogP contribution in [0.2, 0.25) is 0 Å². The van der Waals surface area contributed by atoms with Gasteiger partial charge in [0.1, 0.15) is 0 Å². The van der Waals surface area contributed by atoms with Crippen LogP contribution in [0.5, 0.6) is 0 Å². The summed E-state index contributed by atoms with van der Waals surface area (Å²) in [5.41, 5.74) is 1.19. The number of carbonyl (C=O) groups is 2. The molecule has 0 aromatic heterocycles. The van der Waals surface area contributed by atoms with Gasteiger partial charge in [-0.25, -0.2) is 0 Å². The molecular formula is C15H20O4. The number of methoxy groups -OCH3 is 1. The van der Waals surface area contributed by atoms with Crippen LogP contribution in [0.4, 0.5) is 0 Å². The van der Waals surface area contributed by atoms with E-state index >= 15 is 0 Å². The molecular weight excluding hydrogens is 244 g/mol. The third-order valence-corrected chi connectivity index (χ3v) is 2.86. The van der Waals surface area contributed by atoms with E-state index in [0.29, 0.717) is 6.42 Å². The molecule has 0 spiro atoms. The zero-order chi connectivity index (χ0) is 14.1. The van der Waals surface area contributed by atoms with Gasteiger partial charge in [0, 0.05) is 0 Å². The lowest BCUT2D eigenvalue weighted by Crippen LogP contribution is -2.27. The molecule has 1 atom stereocenters. The van der Waals surface area contributed by atoms with Crippen molar-refractivity contribution in [3.63, 3.8) is 0 Å². The highest BCUT2D eigenvalue weighted by Gasteiger charge is 2.28. The van der Waals surface area contributed by atoms with Gasteiger partial charge < -0.3 is 9.47 Å². The lowest BCUT2D eigenvalue weighted by Gasteiger charge is -2.13. The zero-order valence-corrected chi connectivity index (χ0v) is 11.4. The van der Waals surface area contributed by atoms with Gasteiger partial charge >= 0.3 is 11.9 Å². The summed E-state index contributed by atoms with van der Waals surface area (Å²) in [7, 11) is 1.28. The van der Waals surface area contributed by atoms with E-state index in [1.807, 2.05) is 30.3 Å². The molecule has 1 aromatic rings. The largest absolute Gasteiger partial charge is 0.468 e. The molecule has 1 aromatic carbocycles. The minimum absolute atomic E-state index is 0.269. The van der Waals surface area contributed by atoms with E-state index in [1.165, 1.54) is 12.7 Å². The molecule has 0 aliphatic rings. The number of aryl methyl sites for hydroxylation is 1. The maximum absolute atomic E-state index is 11.7. The minimum atomic E-state index is -0.811. The number of hydrogen-bond donors (Lipinski definition) is 0. The highest BCUT2D eigenvalue weighted by atomic mass is 16.5. The fourth-order valence-corrected chi connectivity index (χ4v) is 1.87. The summed E-state index contributed by atoms with van der Waals surface area (Å²) < 4.78 is 9.53. The smallest absolute Gasteiger partial charge is 0.320 e. The number of benzene rings is 1. The van der Waals surface area contributed by atoms with Gasteiger partial charge in [0.25, 0.3) is 0 Å². The fourth-order valence-electron chi connectivity index (χ4n) is 1.87. The van der Waals surface area contributed by atoms with Gasteiger partial charge in [-0.05, 0) is 31.7 Å². The Bertz CT molecular complexity index is 400. The molecule has 1 unspecified atom stereocenters. The Morgan fingerprint density at radius 3 is 2.42 bits per heavy atom. The second-order valence-electron chi connectivity index (χ2n) is 4.21. The van der Waals surface area contributed by atoms with Crippen molar-refractivity contribution >= 4 is 11.9 Å². The molecule has 0 fully saturated rings. The number of esters is 2. The highest BCUT2D eigenvalue weighted by Crippen LogP contribution is 2.14. The summed E-state index contributed by atoms with van der Waals surface area (Å²) in [6.07, 6.45) is 2.01. The first-order valence-electron chi connectivity index (χ1n) is 6.47. The molecule has 19 heavy (non-hydrogen) atoms. The molecule has 0 radical (unpaired) electrons. The van der Waals surface area contributed by atoms with Gasteiger partial charge in [-0.15, -0.1) is 0 Å². The van der Waals surface area contributed by atoms with Crippen LogP contribution in [-0.4, -0.2) is 25.7 Å². The molecule has 0 aliphatic heterocycles.